The second-order valence-corrected chi connectivity index (χ2v) is 12.2. The fourth-order valence-electron chi connectivity index (χ4n) is 6.26. The number of thiophene rings is 1. The molecule has 7 rings (SSSR count). The van der Waals surface area contributed by atoms with Gasteiger partial charge in [0, 0.05) is 68.3 Å². The third-order valence-electron chi connectivity index (χ3n) is 8.46. The van der Waals surface area contributed by atoms with Crippen LogP contribution in [0, 0.1) is 6.92 Å². The summed E-state index contributed by atoms with van der Waals surface area (Å²) < 4.78 is 6.90. The molecule has 8 nitrogen and oxygen atoms in total. The van der Waals surface area contributed by atoms with Crippen LogP contribution in [0.1, 0.15) is 57.7 Å². The number of fused-ring (bicyclic) bond motifs is 5. The summed E-state index contributed by atoms with van der Waals surface area (Å²) in [5, 5.41) is 18.7. The first kappa shape index (κ1) is 28.5. The molecule has 1 atom stereocenters. The van der Waals surface area contributed by atoms with E-state index in [4.69, 9.17) is 16.0 Å². The second kappa shape index (κ2) is 11.0. The van der Waals surface area contributed by atoms with E-state index in [0.717, 1.165) is 61.8 Å². The Labute approximate surface area is 262 Å². The van der Waals surface area contributed by atoms with Gasteiger partial charge in [-0.1, -0.05) is 0 Å². The highest BCUT2D eigenvalue weighted by molar-refractivity contribution is 7.17. The number of halogens is 1. The predicted octanol–water partition coefficient (Wildman–Crippen LogP) is 7.97. The SMILES string of the molecule is CCN(CC)c1ccc2cc(C(=O)Nc3ccc4[nH]c(C(=O)N5CC(O)c6c5cc(CCl)c5c(C)csc65)cc4c3)oc2c1. The number of carbonyl (C=O) groups is 2. The van der Waals surface area contributed by atoms with Crippen LogP contribution in [0.2, 0.25) is 0 Å². The van der Waals surface area contributed by atoms with Gasteiger partial charge < -0.3 is 29.6 Å². The van der Waals surface area contributed by atoms with Crippen molar-refractivity contribution in [2.75, 3.05) is 34.8 Å². The third-order valence-corrected chi connectivity index (χ3v) is 9.88. The Balaban J connectivity index is 1.14. The van der Waals surface area contributed by atoms with Crippen molar-refractivity contribution in [3.63, 3.8) is 0 Å². The zero-order valence-electron chi connectivity index (χ0n) is 24.5. The molecule has 1 aliphatic rings. The van der Waals surface area contributed by atoms with E-state index in [0.29, 0.717) is 28.5 Å². The zero-order valence-corrected chi connectivity index (χ0v) is 26.1. The summed E-state index contributed by atoms with van der Waals surface area (Å²) in [5.41, 5.74) is 6.95. The number of nitrogens with one attached hydrogen (secondary N) is 2. The smallest absolute Gasteiger partial charge is 0.291 e. The number of benzene rings is 3. The van der Waals surface area contributed by atoms with Gasteiger partial charge in [0.05, 0.1) is 12.2 Å². The number of aromatic nitrogens is 1. The van der Waals surface area contributed by atoms with Crippen molar-refractivity contribution in [3.05, 3.63) is 88.1 Å². The fraction of sp³-hybridized carbons (Fsp3) is 0.235. The zero-order chi connectivity index (χ0) is 30.7. The number of aliphatic hydroxyl groups is 1. The van der Waals surface area contributed by atoms with Gasteiger partial charge >= 0.3 is 0 Å². The van der Waals surface area contributed by atoms with Crippen LogP contribution in [0.25, 0.3) is 32.0 Å². The molecule has 0 fully saturated rings. The average Bonchev–Trinajstić information content (AvgIpc) is 3.81. The van der Waals surface area contributed by atoms with Crippen LogP contribution in [0.15, 0.2) is 64.4 Å². The molecular weight excluding hydrogens is 596 g/mol. The topological polar surface area (TPSA) is 102 Å². The molecule has 44 heavy (non-hydrogen) atoms. The first-order valence-corrected chi connectivity index (χ1v) is 16.0. The standard InChI is InChI=1S/C34H31ClN4O4S/c1-4-38(5-2)23-8-6-19-13-29(43-28(19)14-23)33(41)36-22-7-9-24-20(10-22)11-25(37-24)34(42)39-16-27(40)31-26(39)12-21(15-35)30-18(3)17-44-32(30)31/h6-14,17,27,37,40H,4-5,15-16H2,1-3H3,(H,36,41). The van der Waals surface area contributed by atoms with Crippen molar-refractivity contribution < 1.29 is 19.1 Å². The number of aryl methyl sites for hydroxylation is 1. The number of nitrogens with zero attached hydrogens (tertiary/aromatic N) is 2. The number of H-pyrrole nitrogens is 1. The lowest BCUT2D eigenvalue weighted by molar-refractivity contribution is 0.0969. The maximum Gasteiger partial charge on any atom is 0.291 e. The Kier molecular flexibility index (Phi) is 7.11. The molecule has 0 radical (unpaired) electrons. The van der Waals surface area contributed by atoms with Crippen molar-refractivity contribution >= 4 is 83.8 Å². The lowest BCUT2D eigenvalue weighted by Gasteiger charge is -2.20. The third kappa shape index (κ3) is 4.63. The summed E-state index contributed by atoms with van der Waals surface area (Å²) >= 11 is 7.87. The van der Waals surface area contributed by atoms with Crippen molar-refractivity contribution in [2.24, 2.45) is 0 Å². The van der Waals surface area contributed by atoms with Gasteiger partial charge in [-0.3, -0.25) is 9.59 Å². The molecule has 10 heteroatoms. The van der Waals surface area contributed by atoms with Gasteiger partial charge in [0.25, 0.3) is 11.8 Å². The molecule has 0 bridgehead atoms. The van der Waals surface area contributed by atoms with Crippen LogP contribution in [0.3, 0.4) is 0 Å². The number of alkyl halides is 1. The minimum atomic E-state index is -0.785. The molecular formula is C34H31ClN4O4S. The quantitative estimate of drug-likeness (QED) is 0.156. The van der Waals surface area contributed by atoms with Crippen LogP contribution in [-0.4, -0.2) is 41.5 Å². The minimum Gasteiger partial charge on any atom is -0.451 e. The molecule has 2 amide bonds. The molecule has 3 N–H and O–H groups in total. The number of rotatable bonds is 7. The van der Waals surface area contributed by atoms with E-state index in [9.17, 15) is 14.7 Å². The molecule has 0 saturated carbocycles. The molecule has 0 aliphatic carbocycles. The Bertz CT molecular complexity index is 2090. The van der Waals surface area contributed by atoms with Gasteiger partial charge in [0.15, 0.2) is 5.76 Å². The normalized spacial score (nSPS) is 14.6. The Morgan fingerprint density at radius 1 is 1.11 bits per heavy atom. The lowest BCUT2D eigenvalue weighted by Crippen LogP contribution is -2.30. The van der Waals surface area contributed by atoms with Gasteiger partial charge in [0.1, 0.15) is 17.4 Å². The molecule has 4 heterocycles. The molecule has 0 saturated heterocycles. The lowest BCUT2D eigenvalue weighted by atomic mass is 10.0. The average molecular weight is 627 g/mol. The summed E-state index contributed by atoms with van der Waals surface area (Å²) in [6.45, 7) is 8.16. The maximum absolute atomic E-state index is 13.8. The van der Waals surface area contributed by atoms with Crippen molar-refractivity contribution in [3.8, 4) is 0 Å². The number of aromatic amines is 1. The summed E-state index contributed by atoms with van der Waals surface area (Å²) in [7, 11) is 0. The fourth-order valence-corrected chi connectivity index (χ4v) is 7.66. The first-order chi connectivity index (χ1) is 21.3. The van der Waals surface area contributed by atoms with Crippen molar-refractivity contribution in [2.45, 2.75) is 32.8 Å². The van der Waals surface area contributed by atoms with E-state index >= 15 is 0 Å². The molecule has 0 spiro atoms. The van der Waals surface area contributed by atoms with E-state index in [1.165, 1.54) is 0 Å². The monoisotopic (exact) mass is 626 g/mol. The number of amides is 2. The summed E-state index contributed by atoms with van der Waals surface area (Å²) in [6.07, 6.45) is -0.785. The summed E-state index contributed by atoms with van der Waals surface area (Å²) in [6, 6.07) is 16.8. The summed E-state index contributed by atoms with van der Waals surface area (Å²) in [4.78, 5) is 33.9. The summed E-state index contributed by atoms with van der Waals surface area (Å²) in [5.74, 6) is -0.0701. The first-order valence-electron chi connectivity index (χ1n) is 14.6. The number of furan rings is 1. The van der Waals surface area contributed by atoms with Gasteiger partial charge in [-0.25, -0.2) is 0 Å². The highest BCUT2D eigenvalue weighted by atomic mass is 35.5. The van der Waals surface area contributed by atoms with Gasteiger partial charge in [-0.15, -0.1) is 22.9 Å². The van der Waals surface area contributed by atoms with Crippen LogP contribution < -0.4 is 15.1 Å². The Hall–Kier alpha value is -4.31. The molecule has 224 valence electrons. The van der Waals surface area contributed by atoms with Gasteiger partial charge in [0.2, 0.25) is 0 Å². The van der Waals surface area contributed by atoms with E-state index in [2.05, 4.69) is 34.4 Å². The number of hydrogen-bond donors (Lipinski definition) is 3. The highest BCUT2D eigenvalue weighted by Crippen LogP contribution is 2.46. The van der Waals surface area contributed by atoms with E-state index in [-0.39, 0.29) is 24.1 Å². The number of hydrogen-bond acceptors (Lipinski definition) is 6. The van der Waals surface area contributed by atoms with Gasteiger partial charge in [-0.05, 0) is 85.8 Å². The van der Waals surface area contributed by atoms with Crippen LogP contribution >= 0.6 is 22.9 Å². The van der Waals surface area contributed by atoms with E-state index < -0.39 is 6.10 Å². The van der Waals surface area contributed by atoms with Crippen molar-refractivity contribution in [1.82, 2.24) is 4.98 Å². The number of anilines is 3. The minimum absolute atomic E-state index is 0.163. The van der Waals surface area contributed by atoms with E-state index in [1.807, 2.05) is 43.3 Å². The predicted molar refractivity (Wildman–Crippen MR) is 179 cm³/mol. The molecule has 1 aliphatic heterocycles. The molecule has 6 aromatic rings. The largest absolute Gasteiger partial charge is 0.451 e. The number of β-amino-alcohol motifs (C(OH)–C–C–N with tert-alkyl or cyclic N) is 1. The van der Waals surface area contributed by atoms with E-state index in [1.54, 1.807) is 34.4 Å². The highest BCUT2D eigenvalue weighted by Gasteiger charge is 2.35. The molecule has 3 aromatic carbocycles. The second-order valence-electron chi connectivity index (χ2n) is 11.1. The Morgan fingerprint density at radius 2 is 1.93 bits per heavy atom. The number of aliphatic hydroxyl groups excluding tert-OH is 1. The van der Waals surface area contributed by atoms with Gasteiger partial charge in [-0.2, -0.15) is 0 Å². The van der Waals surface area contributed by atoms with Crippen molar-refractivity contribution in [1.29, 1.82) is 0 Å². The van der Waals surface area contributed by atoms with Crippen LogP contribution in [0.4, 0.5) is 17.1 Å². The maximum atomic E-state index is 13.8. The van der Waals surface area contributed by atoms with Crippen LogP contribution in [0.5, 0.6) is 0 Å². The number of carbonyl (C=O) groups excluding carboxylic acids is 2. The Morgan fingerprint density at radius 3 is 2.70 bits per heavy atom. The van der Waals surface area contributed by atoms with Crippen LogP contribution in [-0.2, 0) is 5.88 Å². The molecule has 1 unspecified atom stereocenters. The molecule has 3 aromatic heterocycles.